The van der Waals surface area contributed by atoms with E-state index in [2.05, 4.69) is 210 Å². The van der Waals surface area contributed by atoms with E-state index in [1.807, 2.05) is 0 Å². The fourth-order valence-electron chi connectivity index (χ4n) is 10.7. The zero-order valence-electron chi connectivity index (χ0n) is 32.1. The zero-order chi connectivity index (χ0) is 37.5. The summed E-state index contributed by atoms with van der Waals surface area (Å²) in [7, 11) is 7.17. The van der Waals surface area contributed by atoms with Crippen LogP contribution < -0.4 is 4.90 Å². The lowest BCUT2D eigenvalue weighted by molar-refractivity contribution is 0.703. The van der Waals surface area contributed by atoms with Crippen molar-refractivity contribution in [2.45, 2.75) is 17.5 Å². The number of aromatic nitrogens is 1. The highest BCUT2D eigenvalue weighted by Gasteiger charge is 2.53. The second-order valence-corrected chi connectivity index (χ2v) is 17.0. The minimum atomic E-state index is -0.473. The molecule has 0 spiro atoms. The first-order chi connectivity index (χ1) is 27.3. The van der Waals surface area contributed by atoms with Crippen LogP contribution >= 0.6 is 0 Å². The maximum atomic E-state index is 2.62. The van der Waals surface area contributed by atoms with E-state index >= 15 is 0 Å². The predicted molar refractivity (Wildman–Crippen MR) is 244 cm³/mol. The molecule has 9 aromatic rings. The van der Waals surface area contributed by atoms with Crippen LogP contribution in [0.4, 0.5) is 17.1 Å². The Balaban J connectivity index is 1.34. The molecule has 0 bridgehead atoms. The number of para-hydroxylation sites is 3. The summed E-state index contributed by atoms with van der Waals surface area (Å²) in [5.74, 6) is 0. The summed E-state index contributed by atoms with van der Waals surface area (Å²) in [4.78, 5) is 2.56. The first-order valence-electron chi connectivity index (χ1n) is 19.9. The average molecular weight is 710 g/mol. The maximum absolute atomic E-state index is 2.62. The lowest BCUT2D eigenvalue weighted by Gasteiger charge is -2.44. The molecular formula is C51H37B3N2. The van der Waals surface area contributed by atoms with Gasteiger partial charge in [-0.05, 0) is 99.5 Å². The molecule has 1 aliphatic carbocycles. The van der Waals surface area contributed by atoms with Crippen molar-refractivity contribution in [2.75, 3.05) is 4.90 Å². The van der Waals surface area contributed by atoms with E-state index in [0.29, 0.717) is 0 Å². The topological polar surface area (TPSA) is 8.17 Å². The lowest BCUT2D eigenvalue weighted by Crippen LogP contribution is -2.34. The molecule has 1 aromatic heterocycles. The quantitative estimate of drug-likeness (QED) is 0.165. The van der Waals surface area contributed by atoms with Crippen LogP contribution in [0.5, 0.6) is 0 Å². The normalized spacial score (nSPS) is 15.8. The molecule has 0 N–H and O–H groups in total. The summed E-state index contributed by atoms with van der Waals surface area (Å²) in [5.41, 5.74) is 22.8. The highest BCUT2D eigenvalue weighted by Crippen LogP contribution is 2.68. The van der Waals surface area contributed by atoms with Crippen LogP contribution in [0.1, 0.15) is 29.2 Å². The third kappa shape index (κ3) is 4.00. The molecule has 0 amide bonds. The minimum Gasteiger partial charge on any atom is -0.310 e. The van der Waals surface area contributed by atoms with Crippen LogP contribution in [0.25, 0.3) is 72.0 Å². The van der Waals surface area contributed by atoms with Crippen molar-refractivity contribution in [1.29, 1.82) is 0 Å². The first-order valence-corrected chi connectivity index (χ1v) is 19.9. The Hall–Kier alpha value is -6.45. The lowest BCUT2D eigenvalue weighted by atomic mass is 9.39. The number of benzene rings is 8. The van der Waals surface area contributed by atoms with Crippen molar-refractivity contribution in [3.8, 4) is 50.2 Å². The Morgan fingerprint density at radius 3 is 1.91 bits per heavy atom. The summed E-state index contributed by atoms with van der Waals surface area (Å²) < 4.78 is 2.60. The third-order valence-electron chi connectivity index (χ3n) is 13.0. The summed E-state index contributed by atoms with van der Waals surface area (Å²) >= 11 is 0. The Kier molecular flexibility index (Phi) is 6.30. The number of rotatable bonds is 4. The fraction of sp³-hybridized carbons (Fsp3) is 0.0588. The van der Waals surface area contributed by atoms with Gasteiger partial charge in [-0.3, -0.25) is 0 Å². The van der Waals surface area contributed by atoms with Gasteiger partial charge < -0.3 is 9.47 Å². The molecule has 1 atom stereocenters. The molecule has 0 radical (unpaired) electrons. The molecule has 1 unspecified atom stereocenters. The van der Waals surface area contributed by atoms with Crippen molar-refractivity contribution >= 4 is 62.4 Å². The van der Waals surface area contributed by atoms with Gasteiger partial charge in [-0.15, -0.1) is 0 Å². The zero-order valence-corrected chi connectivity index (χ0v) is 32.1. The molecule has 0 saturated heterocycles. The number of hydrogen-bond donors (Lipinski definition) is 0. The molecule has 0 fully saturated rings. The Bertz CT molecular complexity index is 3130. The SMILES string of the molecule is BC(B)(B)c1cc2c3c4c1c1ccccc1n4-c1ccccc1-c1ccc4c(c1-3)C2(C)c1c(-c2ccccc2)cc(-c2ccccc2)cc1N4c1ccccc1. The van der Waals surface area contributed by atoms with Crippen LogP contribution in [0.15, 0.2) is 170 Å². The van der Waals surface area contributed by atoms with Crippen molar-refractivity contribution in [3.63, 3.8) is 0 Å². The number of fused-ring (bicyclic) bond motifs is 9. The van der Waals surface area contributed by atoms with Gasteiger partial charge >= 0.3 is 0 Å². The van der Waals surface area contributed by atoms with Gasteiger partial charge in [0.15, 0.2) is 0 Å². The van der Waals surface area contributed by atoms with Crippen LogP contribution in [0.3, 0.4) is 0 Å². The van der Waals surface area contributed by atoms with Gasteiger partial charge in [-0.2, -0.15) is 0 Å². The highest BCUT2D eigenvalue weighted by molar-refractivity contribution is 6.59. The van der Waals surface area contributed by atoms with Crippen molar-refractivity contribution in [3.05, 3.63) is 192 Å². The van der Waals surface area contributed by atoms with Gasteiger partial charge in [-0.25, -0.2) is 0 Å². The standard InChI is InChI=1S/C51H37B3N2/c1-50-38-29-39(51(52,53)54)44-36-22-12-14-24-41(36)56-40-23-13-11-21-34(40)35-25-26-42(48(50)45(35)46(38)49(44)56)55(33-19-9-4-10-20-33)43-28-32(30-15-5-2-6-16-30)27-37(47(43)50)31-17-7-3-8-18-31/h2-29H,52-54H2,1H3. The summed E-state index contributed by atoms with van der Waals surface area (Å²) in [6.07, 6.45) is 0. The van der Waals surface area contributed by atoms with Gasteiger partial charge in [0, 0.05) is 33.0 Å². The van der Waals surface area contributed by atoms with Crippen molar-refractivity contribution < 1.29 is 0 Å². The van der Waals surface area contributed by atoms with E-state index in [-0.39, 0.29) is 5.11 Å². The average Bonchev–Trinajstić information content (AvgIpc) is 3.67. The first kappa shape index (κ1) is 31.9. The van der Waals surface area contributed by atoms with Gasteiger partial charge in [0.1, 0.15) is 0 Å². The molecule has 12 rings (SSSR count). The van der Waals surface area contributed by atoms with Crippen molar-refractivity contribution in [2.24, 2.45) is 0 Å². The molecule has 8 aromatic carbocycles. The smallest absolute Gasteiger partial charge is 0.0955 e. The van der Waals surface area contributed by atoms with Crippen LogP contribution in [0, 0.1) is 0 Å². The minimum absolute atomic E-state index is 0.112. The van der Waals surface area contributed by atoms with Gasteiger partial charge in [0.25, 0.3) is 0 Å². The van der Waals surface area contributed by atoms with E-state index in [1.165, 1.54) is 106 Å². The summed E-state index contributed by atoms with van der Waals surface area (Å²) in [5, 5.41) is 2.58. The Morgan fingerprint density at radius 1 is 0.500 bits per heavy atom. The summed E-state index contributed by atoms with van der Waals surface area (Å²) in [6, 6.07) is 63.6. The molecule has 56 heavy (non-hydrogen) atoms. The molecule has 260 valence electrons. The van der Waals surface area contributed by atoms with Crippen LogP contribution in [-0.2, 0) is 10.5 Å². The van der Waals surface area contributed by atoms with Crippen LogP contribution in [-0.4, -0.2) is 28.1 Å². The molecule has 2 nitrogen and oxygen atoms in total. The van der Waals surface area contributed by atoms with Gasteiger partial charge in [0.05, 0.1) is 51.6 Å². The Morgan fingerprint density at radius 2 is 1.16 bits per heavy atom. The fourth-order valence-corrected chi connectivity index (χ4v) is 10.7. The molecule has 5 heteroatoms. The largest absolute Gasteiger partial charge is 0.310 e. The van der Waals surface area contributed by atoms with E-state index in [0.717, 1.165) is 5.69 Å². The molecule has 3 heterocycles. The predicted octanol–water partition coefficient (Wildman–Crippen LogP) is 10.2. The molecule has 2 aliphatic heterocycles. The third-order valence-corrected chi connectivity index (χ3v) is 13.0. The number of nitrogens with zero attached hydrogens (tertiary/aromatic N) is 2. The summed E-state index contributed by atoms with van der Waals surface area (Å²) in [6.45, 7) is 2.54. The Labute approximate surface area is 330 Å². The number of anilines is 3. The van der Waals surface area contributed by atoms with Crippen molar-refractivity contribution in [1.82, 2.24) is 4.57 Å². The van der Waals surface area contributed by atoms with Gasteiger partial charge in [-0.1, -0.05) is 138 Å². The van der Waals surface area contributed by atoms with E-state index < -0.39 is 5.41 Å². The highest BCUT2D eigenvalue weighted by atomic mass is 15.2. The van der Waals surface area contributed by atoms with E-state index in [9.17, 15) is 0 Å². The molecular weight excluding hydrogens is 673 g/mol. The van der Waals surface area contributed by atoms with E-state index in [1.54, 1.807) is 0 Å². The van der Waals surface area contributed by atoms with E-state index in [4.69, 9.17) is 0 Å². The molecule has 0 saturated carbocycles. The monoisotopic (exact) mass is 710 g/mol. The molecule has 3 aliphatic rings. The van der Waals surface area contributed by atoms with Gasteiger partial charge in [0.2, 0.25) is 0 Å². The van der Waals surface area contributed by atoms with Crippen LogP contribution in [0.2, 0.25) is 0 Å². The maximum Gasteiger partial charge on any atom is 0.0955 e. The second kappa shape index (κ2) is 11.1. The number of hydrogen-bond acceptors (Lipinski definition) is 1. The second-order valence-electron chi connectivity index (χ2n) is 17.0.